The first-order valence-corrected chi connectivity index (χ1v) is 5.22. The molecule has 0 atom stereocenters. The van der Waals surface area contributed by atoms with E-state index in [1.54, 1.807) is 0 Å². The van der Waals surface area contributed by atoms with E-state index in [4.69, 9.17) is 0 Å². The Morgan fingerprint density at radius 3 is 2.36 bits per heavy atom. The SMILES string of the molecule is CCCN(C)c1ccc(CNC)cc1. The van der Waals surface area contributed by atoms with Gasteiger partial charge in [-0.15, -0.1) is 0 Å². The predicted octanol–water partition coefficient (Wildman–Crippen LogP) is 2.25. The molecule has 0 unspecified atom stereocenters. The minimum atomic E-state index is 0.942. The van der Waals surface area contributed by atoms with Crippen molar-refractivity contribution in [2.24, 2.45) is 0 Å². The third-order valence-electron chi connectivity index (χ3n) is 2.32. The Morgan fingerprint density at radius 2 is 1.86 bits per heavy atom. The van der Waals surface area contributed by atoms with E-state index in [9.17, 15) is 0 Å². The van der Waals surface area contributed by atoms with Gasteiger partial charge in [0, 0.05) is 25.8 Å². The van der Waals surface area contributed by atoms with Gasteiger partial charge < -0.3 is 10.2 Å². The lowest BCUT2D eigenvalue weighted by atomic mass is 10.2. The number of rotatable bonds is 5. The molecule has 1 aromatic carbocycles. The molecule has 1 N–H and O–H groups in total. The zero-order valence-corrected chi connectivity index (χ0v) is 9.38. The molecular weight excluding hydrogens is 172 g/mol. The van der Waals surface area contributed by atoms with Gasteiger partial charge in [0.2, 0.25) is 0 Å². The maximum atomic E-state index is 3.14. The van der Waals surface area contributed by atoms with E-state index < -0.39 is 0 Å². The second-order valence-electron chi connectivity index (χ2n) is 3.62. The summed E-state index contributed by atoms with van der Waals surface area (Å²) in [6, 6.07) is 8.72. The molecule has 14 heavy (non-hydrogen) atoms. The summed E-state index contributed by atoms with van der Waals surface area (Å²) in [6.45, 7) is 4.26. The molecule has 2 heteroatoms. The Labute approximate surface area is 86.9 Å². The fourth-order valence-corrected chi connectivity index (χ4v) is 1.54. The lowest BCUT2D eigenvalue weighted by Gasteiger charge is -2.18. The van der Waals surface area contributed by atoms with Crippen molar-refractivity contribution in [3.63, 3.8) is 0 Å². The van der Waals surface area contributed by atoms with Crippen LogP contribution in [-0.4, -0.2) is 20.6 Å². The highest BCUT2D eigenvalue weighted by Gasteiger charge is 1.98. The first-order chi connectivity index (χ1) is 6.77. The third-order valence-corrected chi connectivity index (χ3v) is 2.32. The molecule has 1 rings (SSSR count). The Morgan fingerprint density at radius 1 is 1.21 bits per heavy atom. The molecule has 0 bridgehead atoms. The highest BCUT2D eigenvalue weighted by atomic mass is 15.1. The van der Waals surface area contributed by atoms with Crippen molar-refractivity contribution in [2.45, 2.75) is 19.9 Å². The van der Waals surface area contributed by atoms with E-state index in [-0.39, 0.29) is 0 Å². The van der Waals surface area contributed by atoms with Crippen LogP contribution in [0.4, 0.5) is 5.69 Å². The lowest BCUT2D eigenvalue weighted by Crippen LogP contribution is -2.17. The summed E-state index contributed by atoms with van der Waals surface area (Å²) >= 11 is 0. The summed E-state index contributed by atoms with van der Waals surface area (Å²) in [6.07, 6.45) is 1.19. The predicted molar refractivity (Wildman–Crippen MR) is 62.8 cm³/mol. The molecule has 1 aromatic rings. The molecule has 0 aliphatic rings. The van der Waals surface area contributed by atoms with Crippen LogP contribution in [0, 0.1) is 0 Å². The monoisotopic (exact) mass is 192 g/mol. The Balaban J connectivity index is 2.62. The van der Waals surface area contributed by atoms with E-state index >= 15 is 0 Å². The van der Waals surface area contributed by atoms with Crippen LogP contribution in [0.25, 0.3) is 0 Å². The second kappa shape index (κ2) is 5.66. The van der Waals surface area contributed by atoms with E-state index in [1.165, 1.54) is 17.7 Å². The zero-order chi connectivity index (χ0) is 10.4. The molecule has 0 aliphatic heterocycles. The van der Waals surface area contributed by atoms with Crippen LogP contribution < -0.4 is 10.2 Å². The average Bonchev–Trinajstić information content (AvgIpc) is 2.20. The van der Waals surface area contributed by atoms with Gasteiger partial charge in [-0.3, -0.25) is 0 Å². The van der Waals surface area contributed by atoms with Crippen molar-refractivity contribution in [3.8, 4) is 0 Å². The lowest BCUT2D eigenvalue weighted by molar-refractivity contribution is 0.816. The van der Waals surface area contributed by atoms with Gasteiger partial charge in [-0.05, 0) is 31.2 Å². The first-order valence-electron chi connectivity index (χ1n) is 5.22. The maximum absolute atomic E-state index is 3.14. The van der Waals surface area contributed by atoms with Crippen LogP contribution in [0.2, 0.25) is 0 Å². The van der Waals surface area contributed by atoms with E-state index in [1.807, 2.05) is 7.05 Å². The standard InChI is InChI=1S/C12H20N2/c1-4-9-14(3)12-7-5-11(6-8-12)10-13-2/h5-8,13H,4,9-10H2,1-3H3. The highest BCUT2D eigenvalue weighted by molar-refractivity contribution is 5.46. The first kappa shape index (κ1) is 11.1. The molecule has 0 aliphatic carbocycles. The molecule has 0 aromatic heterocycles. The maximum Gasteiger partial charge on any atom is 0.0363 e. The fraction of sp³-hybridized carbons (Fsp3) is 0.500. The summed E-state index contributed by atoms with van der Waals surface area (Å²) in [5, 5.41) is 3.14. The number of nitrogens with zero attached hydrogens (tertiary/aromatic N) is 1. The summed E-state index contributed by atoms with van der Waals surface area (Å²) in [5.74, 6) is 0. The Bertz CT molecular complexity index is 254. The minimum absolute atomic E-state index is 0.942. The van der Waals surface area contributed by atoms with Gasteiger partial charge in [0.25, 0.3) is 0 Å². The average molecular weight is 192 g/mol. The van der Waals surface area contributed by atoms with Crippen LogP contribution >= 0.6 is 0 Å². The molecule has 2 nitrogen and oxygen atoms in total. The van der Waals surface area contributed by atoms with Gasteiger partial charge in [0.15, 0.2) is 0 Å². The van der Waals surface area contributed by atoms with Crippen LogP contribution in [0.15, 0.2) is 24.3 Å². The van der Waals surface area contributed by atoms with Gasteiger partial charge >= 0.3 is 0 Å². The molecule has 0 fully saturated rings. The van der Waals surface area contributed by atoms with E-state index in [0.717, 1.165) is 13.1 Å². The van der Waals surface area contributed by atoms with Gasteiger partial charge in [0.05, 0.1) is 0 Å². The summed E-state index contributed by atoms with van der Waals surface area (Å²) in [4.78, 5) is 2.28. The smallest absolute Gasteiger partial charge is 0.0363 e. The van der Waals surface area contributed by atoms with Crippen molar-refractivity contribution in [1.82, 2.24) is 5.32 Å². The van der Waals surface area contributed by atoms with Crippen molar-refractivity contribution in [1.29, 1.82) is 0 Å². The van der Waals surface area contributed by atoms with Crippen molar-refractivity contribution in [2.75, 3.05) is 25.5 Å². The molecule has 0 spiro atoms. The summed E-state index contributed by atoms with van der Waals surface area (Å²) < 4.78 is 0. The largest absolute Gasteiger partial charge is 0.375 e. The van der Waals surface area contributed by atoms with Gasteiger partial charge in [-0.1, -0.05) is 19.1 Å². The summed E-state index contributed by atoms with van der Waals surface area (Å²) in [5.41, 5.74) is 2.63. The third kappa shape index (κ3) is 3.04. The molecule has 0 saturated carbocycles. The Hall–Kier alpha value is -1.02. The number of benzene rings is 1. The van der Waals surface area contributed by atoms with Crippen LogP contribution in [0.3, 0.4) is 0 Å². The molecule has 0 heterocycles. The van der Waals surface area contributed by atoms with E-state index in [2.05, 4.69) is 48.5 Å². The fourth-order valence-electron chi connectivity index (χ4n) is 1.54. The zero-order valence-electron chi connectivity index (χ0n) is 9.38. The number of anilines is 1. The number of nitrogens with one attached hydrogen (secondary N) is 1. The highest BCUT2D eigenvalue weighted by Crippen LogP contribution is 2.13. The van der Waals surface area contributed by atoms with Crippen molar-refractivity contribution >= 4 is 5.69 Å². The van der Waals surface area contributed by atoms with E-state index in [0.29, 0.717) is 0 Å². The molecule has 0 amide bonds. The van der Waals surface area contributed by atoms with Crippen molar-refractivity contribution in [3.05, 3.63) is 29.8 Å². The topological polar surface area (TPSA) is 15.3 Å². The molecule has 0 radical (unpaired) electrons. The summed E-state index contributed by atoms with van der Waals surface area (Å²) in [7, 11) is 4.10. The Kier molecular flexibility index (Phi) is 4.47. The van der Waals surface area contributed by atoms with Crippen molar-refractivity contribution < 1.29 is 0 Å². The van der Waals surface area contributed by atoms with Crippen LogP contribution in [0.5, 0.6) is 0 Å². The van der Waals surface area contributed by atoms with Crippen LogP contribution in [-0.2, 0) is 6.54 Å². The number of hydrogen-bond donors (Lipinski definition) is 1. The molecular formula is C12H20N2. The number of hydrogen-bond acceptors (Lipinski definition) is 2. The van der Waals surface area contributed by atoms with Crippen LogP contribution in [0.1, 0.15) is 18.9 Å². The molecule has 78 valence electrons. The normalized spacial score (nSPS) is 10.2. The van der Waals surface area contributed by atoms with Gasteiger partial charge in [0.1, 0.15) is 0 Å². The van der Waals surface area contributed by atoms with Gasteiger partial charge in [-0.2, -0.15) is 0 Å². The quantitative estimate of drug-likeness (QED) is 0.769. The van der Waals surface area contributed by atoms with Gasteiger partial charge in [-0.25, -0.2) is 0 Å². The molecule has 0 saturated heterocycles. The second-order valence-corrected chi connectivity index (χ2v) is 3.62. The minimum Gasteiger partial charge on any atom is -0.375 e.